The monoisotopic (exact) mass is 1180 g/mol. The lowest BCUT2D eigenvalue weighted by molar-refractivity contribution is 0.00578. The molecule has 0 atom stereocenters. The van der Waals surface area contributed by atoms with Crippen molar-refractivity contribution in [2.24, 2.45) is 5.73 Å². The minimum Gasteiger partial charge on any atom is -0.478 e. The van der Waals surface area contributed by atoms with Crippen LogP contribution in [0.1, 0.15) is 169 Å². The van der Waals surface area contributed by atoms with Crippen LogP contribution in [0.3, 0.4) is 0 Å². The number of carboxylic acids is 2. The molecule has 6 aliphatic rings. The summed E-state index contributed by atoms with van der Waals surface area (Å²) in [6.07, 6.45) is 4.65. The van der Waals surface area contributed by atoms with Gasteiger partial charge in [-0.2, -0.15) is 0 Å². The summed E-state index contributed by atoms with van der Waals surface area (Å²) in [6.45, 7) is 31.9. The molecule has 4 heterocycles. The Labute approximate surface area is 475 Å². The van der Waals surface area contributed by atoms with Gasteiger partial charge in [-0.25, -0.2) is 9.59 Å². The normalized spacial score (nSPS) is 22.3. The third-order valence-corrected chi connectivity index (χ3v) is 16.9. The van der Waals surface area contributed by atoms with Gasteiger partial charge in [-0.1, -0.05) is 34.8 Å². The van der Waals surface area contributed by atoms with Crippen molar-refractivity contribution in [3.63, 3.8) is 0 Å². The number of rotatable bonds is 7. The highest BCUT2D eigenvalue weighted by atomic mass is 79.9. The molecule has 418 valence electrons. The van der Waals surface area contributed by atoms with Crippen molar-refractivity contribution in [3.8, 4) is 0 Å². The lowest BCUT2D eigenvalue weighted by Gasteiger charge is -2.32. The molecular weight excluding hydrogens is 1110 g/mol. The molecule has 2 saturated carbocycles. The Morgan fingerprint density at radius 3 is 1.12 bits per heavy atom. The number of halogens is 5. The van der Waals surface area contributed by atoms with Crippen molar-refractivity contribution in [2.45, 2.75) is 193 Å². The summed E-state index contributed by atoms with van der Waals surface area (Å²) in [5.74, 6) is -2.03. The van der Waals surface area contributed by atoms with Gasteiger partial charge in [-0.3, -0.25) is 9.18 Å². The third kappa shape index (κ3) is 16.4. The molecule has 6 fully saturated rings. The highest BCUT2D eigenvalue weighted by Gasteiger charge is 2.64. The summed E-state index contributed by atoms with van der Waals surface area (Å²) >= 11 is 21.2. The van der Waals surface area contributed by atoms with Gasteiger partial charge in [0.05, 0.1) is 69.5 Å². The van der Waals surface area contributed by atoms with E-state index in [1.165, 1.54) is 43.2 Å². The smallest absolute Gasteiger partial charge is 0.478 e. The van der Waals surface area contributed by atoms with Crippen LogP contribution in [0.15, 0.2) is 59.1 Å². The Morgan fingerprint density at radius 2 is 0.829 bits per heavy atom. The Balaban J connectivity index is 0.000000216. The van der Waals surface area contributed by atoms with Gasteiger partial charge < -0.3 is 58.5 Å². The standard InChI is InChI=1S/C16H21BClNO3.C13H16BClO4.C12H24B2O4.C7H4BrClO2.C3H7N.CH3F/c1-15(2)16(3,4)22-17(21-15)12-9-10(5-8-13(12)18)14(20)19-11-6-7-11;1-12(2)13(3,4)19-14(18-12)9-7-8(11(16)17)5-6-10(9)15;1-9(2)10(3,4)16-13(15-9)14-17-11(5,6)12(7,8)18-14;8-5-3-4(7(10)11)1-2-6(5)9;4-3-1-2-3;1-2/h5,8-9,11H,6-7H2,1-4H3,(H,19,20);5-7H,1-4H3,(H,16,17);1-8H3;1-3H,(H,10,11);3H,1-2,4H2;1H3/i;;;;;1D. The minimum absolute atomic E-state index is 0.0723. The van der Waals surface area contributed by atoms with E-state index in [1.807, 2.05) is 111 Å². The number of alkyl halides is 1. The van der Waals surface area contributed by atoms with Crippen LogP contribution < -0.4 is 22.0 Å². The predicted molar refractivity (Wildman–Crippen MR) is 304 cm³/mol. The van der Waals surface area contributed by atoms with E-state index < -0.39 is 69.8 Å². The average molecular weight is 1190 g/mol. The van der Waals surface area contributed by atoms with E-state index >= 15 is 0 Å². The van der Waals surface area contributed by atoms with Crippen molar-refractivity contribution in [2.75, 3.05) is 7.15 Å². The first-order valence-electron chi connectivity index (χ1n) is 25.7. The zero-order valence-electron chi connectivity index (χ0n) is 47.5. The van der Waals surface area contributed by atoms with Crippen molar-refractivity contribution < 1.29 is 67.6 Å². The number of carboxylic acid groups (broad SMARTS) is 2. The highest BCUT2D eigenvalue weighted by molar-refractivity contribution is 9.10. The highest BCUT2D eigenvalue weighted by Crippen LogP contribution is 2.43. The number of aromatic carboxylic acids is 2. The predicted octanol–water partition coefficient (Wildman–Crippen LogP) is 10.6. The molecule has 2 aliphatic carbocycles. The molecule has 4 aliphatic heterocycles. The Morgan fingerprint density at radius 1 is 0.553 bits per heavy atom. The Hall–Kier alpha value is -2.75. The first-order chi connectivity index (χ1) is 35.1. The second-order valence-electron chi connectivity index (χ2n) is 23.2. The van der Waals surface area contributed by atoms with Gasteiger partial charge in [0.1, 0.15) is 0 Å². The molecular formula is C52H75B4BrCl3FN2O13. The quantitative estimate of drug-likeness (QED) is 0.163. The fraction of sp³-hybridized carbons (Fsp3) is 0.596. The summed E-state index contributed by atoms with van der Waals surface area (Å²) in [5, 5.41) is 22.0. The fourth-order valence-electron chi connectivity index (χ4n) is 6.88. The number of carbonyl (C=O) groups excluding carboxylic acids is 1. The van der Waals surface area contributed by atoms with Gasteiger partial charge in [0, 0.05) is 43.1 Å². The largest absolute Gasteiger partial charge is 0.496 e. The van der Waals surface area contributed by atoms with Crippen LogP contribution >= 0.6 is 50.7 Å². The van der Waals surface area contributed by atoms with E-state index in [4.69, 9.17) is 89.4 Å². The second-order valence-corrected chi connectivity index (χ2v) is 25.3. The second kappa shape index (κ2) is 24.9. The first kappa shape index (κ1) is 64.1. The van der Waals surface area contributed by atoms with Crippen LogP contribution in [-0.2, 0) is 37.2 Å². The zero-order valence-corrected chi connectivity index (χ0v) is 50.4. The van der Waals surface area contributed by atoms with E-state index in [0.29, 0.717) is 48.1 Å². The molecule has 0 spiro atoms. The minimum atomic E-state index is -1.01. The molecule has 0 radical (unpaired) electrons. The molecule has 4 saturated heterocycles. The van der Waals surface area contributed by atoms with E-state index in [1.54, 1.807) is 24.3 Å². The van der Waals surface area contributed by atoms with Gasteiger partial charge >= 0.3 is 40.2 Å². The van der Waals surface area contributed by atoms with Gasteiger partial charge in [-0.15, -0.1) is 0 Å². The van der Waals surface area contributed by atoms with Crippen LogP contribution in [0.2, 0.25) is 15.1 Å². The van der Waals surface area contributed by atoms with Gasteiger partial charge in [0.25, 0.3) is 5.91 Å². The van der Waals surface area contributed by atoms with Crippen LogP contribution in [0.5, 0.6) is 0 Å². The number of carbonyl (C=O) groups is 3. The van der Waals surface area contributed by atoms with Crippen molar-refractivity contribution in [3.05, 3.63) is 90.8 Å². The van der Waals surface area contributed by atoms with E-state index in [9.17, 15) is 18.8 Å². The van der Waals surface area contributed by atoms with E-state index in [-0.39, 0.29) is 39.4 Å². The van der Waals surface area contributed by atoms with E-state index in [2.05, 4.69) is 21.2 Å². The molecule has 3 aromatic rings. The topological polar surface area (TPSA) is 204 Å². The van der Waals surface area contributed by atoms with Gasteiger partial charge in [0.2, 0.25) is 0 Å². The van der Waals surface area contributed by atoms with E-state index in [0.717, 1.165) is 12.8 Å². The maximum atomic E-state index is 12.2. The molecule has 15 nitrogen and oxygen atoms in total. The number of hydrogen-bond donors (Lipinski definition) is 4. The number of nitrogens with one attached hydrogen (secondary N) is 1. The molecule has 24 heteroatoms. The molecule has 3 aromatic carbocycles. The molecule has 0 bridgehead atoms. The molecule has 76 heavy (non-hydrogen) atoms. The first-order valence-corrected chi connectivity index (χ1v) is 26.9. The van der Waals surface area contributed by atoms with Crippen LogP contribution in [-0.4, -0.2) is 120 Å². The molecule has 1 amide bonds. The molecule has 0 aromatic heterocycles. The third-order valence-electron chi connectivity index (χ3n) is 15.0. The number of nitrogens with two attached hydrogens (primary N) is 1. The maximum absolute atomic E-state index is 12.2. The van der Waals surface area contributed by atoms with Crippen LogP contribution in [0.25, 0.3) is 0 Å². The lowest BCUT2D eigenvalue weighted by Crippen LogP contribution is -2.41. The summed E-state index contributed by atoms with van der Waals surface area (Å²) in [5.41, 5.74) is 4.15. The zero-order chi connectivity index (χ0) is 58.7. The average Bonchev–Trinajstić information content (AvgIpc) is 4.21. The molecule has 9 rings (SSSR count). The summed E-state index contributed by atoms with van der Waals surface area (Å²) in [7, 11) is -3.17. The van der Waals surface area contributed by atoms with Crippen molar-refractivity contribution in [1.29, 1.82) is 0 Å². The molecule has 5 N–H and O–H groups in total. The number of hydrogen-bond acceptors (Lipinski definition) is 12. The Kier molecular flexibility index (Phi) is 21.0. The van der Waals surface area contributed by atoms with Gasteiger partial charge in [-0.05, 0) is 207 Å². The number of benzene rings is 3. The summed E-state index contributed by atoms with van der Waals surface area (Å²) in [6, 6.07) is 15.1. The van der Waals surface area contributed by atoms with Crippen LogP contribution in [0, 0.1) is 0 Å². The summed E-state index contributed by atoms with van der Waals surface area (Å²) in [4.78, 5) is 33.6. The SMILES string of the molecule is CC1(C)OB(B2OC(C)(C)C(C)(C)O2)OC1(C)C.CC1(C)OB(c2cc(C(=O)NC3CC3)ccc2Cl)OC1(C)C.CC1(C)OB(c2cc(C(=O)O)ccc2Cl)OC1(C)C.NC1CC1.O=C(O)c1ccc(Cl)c(Br)c1.[2H]CF. The molecule has 0 unspecified atom stereocenters. The van der Waals surface area contributed by atoms with Crippen molar-refractivity contribution in [1.82, 2.24) is 5.32 Å². The maximum Gasteiger partial charge on any atom is 0.496 e. The van der Waals surface area contributed by atoms with Crippen LogP contribution in [0.4, 0.5) is 4.39 Å². The lowest BCUT2D eigenvalue weighted by atomic mass is 9.49. The Bertz CT molecular complexity index is 2480. The number of amides is 1. The van der Waals surface area contributed by atoms with Gasteiger partial charge in [0.15, 0.2) is 0 Å². The van der Waals surface area contributed by atoms with Crippen molar-refractivity contribution >= 4 is 108 Å². The fourth-order valence-corrected chi connectivity index (χ4v) is 7.79. The summed E-state index contributed by atoms with van der Waals surface area (Å²) < 4.78 is 63.7.